The average molecular weight is 257 g/mol. The van der Waals surface area contributed by atoms with Crippen molar-refractivity contribution in [2.45, 2.75) is 6.92 Å². The molecule has 0 saturated heterocycles. The van der Waals surface area contributed by atoms with E-state index in [0.717, 1.165) is 11.1 Å². The number of nitrogens with zero attached hydrogens (tertiary/aromatic N) is 3. The van der Waals surface area contributed by atoms with Gasteiger partial charge in [-0.25, -0.2) is 9.97 Å². The molecule has 2 rings (SSSR count). The SMILES string of the molecule is Cc1cccc(-c2cnc(N(C)CC(=O)O)nc2)c1. The summed E-state index contributed by atoms with van der Waals surface area (Å²) in [6.07, 6.45) is 3.41. The topological polar surface area (TPSA) is 66.3 Å². The van der Waals surface area contributed by atoms with Crippen LogP contribution in [0.15, 0.2) is 36.7 Å². The summed E-state index contributed by atoms with van der Waals surface area (Å²) in [5.41, 5.74) is 3.13. The molecule has 0 bridgehead atoms. The van der Waals surface area contributed by atoms with E-state index in [9.17, 15) is 4.79 Å². The zero-order chi connectivity index (χ0) is 13.8. The summed E-state index contributed by atoms with van der Waals surface area (Å²) in [4.78, 5) is 20.5. The fourth-order valence-electron chi connectivity index (χ4n) is 1.77. The Morgan fingerprint density at radius 1 is 1.26 bits per heavy atom. The zero-order valence-electron chi connectivity index (χ0n) is 10.9. The first-order valence-corrected chi connectivity index (χ1v) is 5.88. The van der Waals surface area contributed by atoms with Gasteiger partial charge in [0.1, 0.15) is 6.54 Å². The van der Waals surface area contributed by atoms with E-state index < -0.39 is 5.97 Å². The molecule has 0 fully saturated rings. The summed E-state index contributed by atoms with van der Waals surface area (Å²) in [5.74, 6) is -0.507. The zero-order valence-corrected chi connectivity index (χ0v) is 10.9. The minimum absolute atomic E-state index is 0.121. The fraction of sp³-hybridized carbons (Fsp3) is 0.214. The Balaban J connectivity index is 2.21. The van der Waals surface area contributed by atoms with Crippen molar-refractivity contribution >= 4 is 11.9 Å². The minimum Gasteiger partial charge on any atom is -0.480 e. The number of benzene rings is 1. The number of carbonyl (C=O) groups is 1. The van der Waals surface area contributed by atoms with E-state index in [0.29, 0.717) is 5.95 Å². The molecule has 0 radical (unpaired) electrons. The second-order valence-corrected chi connectivity index (χ2v) is 4.39. The maximum absolute atomic E-state index is 10.6. The van der Waals surface area contributed by atoms with E-state index in [-0.39, 0.29) is 6.54 Å². The van der Waals surface area contributed by atoms with Crippen molar-refractivity contribution in [1.29, 1.82) is 0 Å². The molecule has 0 aliphatic rings. The summed E-state index contributed by atoms with van der Waals surface area (Å²) in [5, 5.41) is 8.71. The number of aryl methyl sites for hydroxylation is 1. The quantitative estimate of drug-likeness (QED) is 0.907. The molecule has 19 heavy (non-hydrogen) atoms. The van der Waals surface area contributed by atoms with Gasteiger partial charge < -0.3 is 10.0 Å². The van der Waals surface area contributed by atoms with Gasteiger partial charge in [-0.2, -0.15) is 0 Å². The van der Waals surface area contributed by atoms with Crippen molar-refractivity contribution < 1.29 is 9.90 Å². The van der Waals surface area contributed by atoms with Crippen LogP contribution in [-0.4, -0.2) is 34.6 Å². The van der Waals surface area contributed by atoms with Gasteiger partial charge in [-0.15, -0.1) is 0 Å². The second kappa shape index (κ2) is 5.48. The Bertz CT molecular complexity index is 581. The maximum Gasteiger partial charge on any atom is 0.323 e. The van der Waals surface area contributed by atoms with E-state index in [2.05, 4.69) is 16.0 Å². The largest absolute Gasteiger partial charge is 0.480 e. The van der Waals surface area contributed by atoms with Crippen LogP contribution >= 0.6 is 0 Å². The van der Waals surface area contributed by atoms with Gasteiger partial charge in [0.05, 0.1) is 0 Å². The van der Waals surface area contributed by atoms with Gasteiger partial charge in [-0.1, -0.05) is 29.8 Å². The van der Waals surface area contributed by atoms with E-state index in [4.69, 9.17) is 5.11 Å². The maximum atomic E-state index is 10.6. The molecule has 98 valence electrons. The van der Waals surface area contributed by atoms with Crippen LogP contribution in [0.1, 0.15) is 5.56 Å². The van der Waals surface area contributed by atoms with Gasteiger partial charge in [0, 0.05) is 25.0 Å². The number of carboxylic acids is 1. The summed E-state index contributed by atoms with van der Waals surface area (Å²) in [6, 6.07) is 8.06. The van der Waals surface area contributed by atoms with Gasteiger partial charge in [0.25, 0.3) is 0 Å². The number of anilines is 1. The molecule has 0 unspecified atom stereocenters. The van der Waals surface area contributed by atoms with Crippen LogP contribution in [0, 0.1) is 6.92 Å². The Hall–Kier alpha value is -2.43. The van der Waals surface area contributed by atoms with Crippen molar-refractivity contribution in [3.05, 3.63) is 42.2 Å². The average Bonchev–Trinajstić information content (AvgIpc) is 2.38. The molecule has 0 spiro atoms. The third kappa shape index (κ3) is 3.28. The molecule has 1 aromatic carbocycles. The molecule has 0 atom stereocenters. The van der Waals surface area contributed by atoms with Crippen molar-refractivity contribution in [3.63, 3.8) is 0 Å². The molecule has 0 saturated carbocycles. The first-order valence-electron chi connectivity index (χ1n) is 5.88. The molecule has 5 heteroatoms. The molecule has 2 aromatic rings. The normalized spacial score (nSPS) is 10.2. The first kappa shape index (κ1) is 13.0. The third-order valence-electron chi connectivity index (χ3n) is 2.70. The van der Waals surface area contributed by atoms with Gasteiger partial charge in [0.2, 0.25) is 5.95 Å². The number of likely N-dealkylation sites (N-methyl/N-ethyl adjacent to an activating group) is 1. The monoisotopic (exact) mass is 257 g/mol. The summed E-state index contributed by atoms with van der Waals surface area (Å²) >= 11 is 0. The molecular formula is C14H15N3O2. The van der Waals surface area contributed by atoms with Gasteiger partial charge >= 0.3 is 5.97 Å². The van der Waals surface area contributed by atoms with Crippen LogP contribution < -0.4 is 4.90 Å². The van der Waals surface area contributed by atoms with E-state index in [1.807, 2.05) is 25.1 Å². The first-order chi connectivity index (χ1) is 9.06. The molecule has 5 nitrogen and oxygen atoms in total. The summed E-state index contributed by atoms with van der Waals surface area (Å²) in [7, 11) is 1.65. The number of rotatable bonds is 4. The Kier molecular flexibility index (Phi) is 3.75. The highest BCUT2D eigenvalue weighted by Crippen LogP contribution is 2.19. The summed E-state index contributed by atoms with van der Waals surface area (Å²) in [6.45, 7) is 1.91. The van der Waals surface area contributed by atoms with Gasteiger partial charge in [-0.05, 0) is 12.5 Å². The number of aliphatic carboxylic acids is 1. The van der Waals surface area contributed by atoms with Crippen LogP contribution in [0.25, 0.3) is 11.1 Å². The highest BCUT2D eigenvalue weighted by atomic mass is 16.4. The third-order valence-corrected chi connectivity index (χ3v) is 2.70. The fourth-order valence-corrected chi connectivity index (χ4v) is 1.77. The molecular weight excluding hydrogens is 242 g/mol. The van der Waals surface area contributed by atoms with E-state index in [1.54, 1.807) is 19.4 Å². The second-order valence-electron chi connectivity index (χ2n) is 4.39. The van der Waals surface area contributed by atoms with E-state index >= 15 is 0 Å². The molecule has 0 amide bonds. The van der Waals surface area contributed by atoms with E-state index in [1.165, 1.54) is 10.5 Å². The van der Waals surface area contributed by atoms with Crippen molar-refractivity contribution in [2.24, 2.45) is 0 Å². The predicted octanol–water partition coefficient (Wildman–Crippen LogP) is 1.97. The lowest BCUT2D eigenvalue weighted by Crippen LogP contribution is -2.26. The van der Waals surface area contributed by atoms with Crippen molar-refractivity contribution in [2.75, 3.05) is 18.5 Å². The smallest absolute Gasteiger partial charge is 0.323 e. The predicted molar refractivity (Wildman–Crippen MR) is 73.1 cm³/mol. The molecule has 0 aliphatic heterocycles. The number of carboxylic acid groups (broad SMARTS) is 1. The summed E-state index contributed by atoms with van der Waals surface area (Å²) < 4.78 is 0. The Morgan fingerprint density at radius 3 is 2.53 bits per heavy atom. The molecule has 1 aromatic heterocycles. The number of hydrogen-bond donors (Lipinski definition) is 1. The van der Waals surface area contributed by atoms with Crippen molar-refractivity contribution in [3.8, 4) is 11.1 Å². The highest BCUT2D eigenvalue weighted by Gasteiger charge is 2.08. The van der Waals surface area contributed by atoms with Gasteiger partial charge in [0.15, 0.2) is 0 Å². The lowest BCUT2D eigenvalue weighted by atomic mass is 10.1. The number of aromatic nitrogens is 2. The van der Waals surface area contributed by atoms with Crippen LogP contribution in [0.4, 0.5) is 5.95 Å². The van der Waals surface area contributed by atoms with Crippen LogP contribution in [-0.2, 0) is 4.79 Å². The standard InChI is InChI=1S/C14H15N3O2/c1-10-4-3-5-11(6-10)12-7-15-14(16-8-12)17(2)9-13(18)19/h3-8H,9H2,1-2H3,(H,18,19). The van der Waals surface area contributed by atoms with Crippen LogP contribution in [0.2, 0.25) is 0 Å². The number of hydrogen-bond acceptors (Lipinski definition) is 4. The lowest BCUT2D eigenvalue weighted by Gasteiger charge is -2.14. The van der Waals surface area contributed by atoms with Crippen molar-refractivity contribution in [1.82, 2.24) is 9.97 Å². The van der Waals surface area contributed by atoms with Crippen LogP contribution in [0.5, 0.6) is 0 Å². The molecule has 0 aliphatic carbocycles. The Labute approximate surface area is 111 Å². The van der Waals surface area contributed by atoms with Gasteiger partial charge in [-0.3, -0.25) is 4.79 Å². The Morgan fingerprint density at radius 2 is 1.95 bits per heavy atom. The lowest BCUT2D eigenvalue weighted by molar-refractivity contribution is -0.135. The highest BCUT2D eigenvalue weighted by molar-refractivity contribution is 5.72. The molecule has 1 heterocycles. The molecule has 1 N–H and O–H groups in total. The van der Waals surface area contributed by atoms with Crippen LogP contribution in [0.3, 0.4) is 0 Å². The minimum atomic E-state index is -0.908.